The first kappa shape index (κ1) is 14.9. The summed E-state index contributed by atoms with van der Waals surface area (Å²) in [6.45, 7) is 3.65. The van der Waals surface area contributed by atoms with Crippen molar-refractivity contribution in [1.29, 1.82) is 0 Å². The molecule has 110 valence electrons. The third-order valence-electron chi connectivity index (χ3n) is 3.99. The number of carbonyl (C=O) groups is 1. The minimum absolute atomic E-state index is 0.129. The molecular weight excluding hydrogens is 252 g/mol. The number of hydrogen-bond acceptors (Lipinski definition) is 3. The highest BCUT2D eigenvalue weighted by Gasteiger charge is 2.31. The predicted molar refractivity (Wildman–Crippen MR) is 79.7 cm³/mol. The Morgan fingerprint density at radius 2 is 2.25 bits per heavy atom. The first-order chi connectivity index (χ1) is 9.63. The molecular formula is C16H24N2O2. The summed E-state index contributed by atoms with van der Waals surface area (Å²) in [4.78, 5) is 14.2. The molecule has 0 aliphatic carbocycles. The van der Waals surface area contributed by atoms with Crippen LogP contribution in [0.15, 0.2) is 24.3 Å². The molecule has 1 aliphatic heterocycles. The number of likely N-dealkylation sites (tertiary alicyclic amines) is 1. The molecule has 4 heteroatoms. The second-order valence-electron chi connectivity index (χ2n) is 5.54. The van der Waals surface area contributed by atoms with E-state index in [1.807, 2.05) is 29.2 Å². The highest BCUT2D eigenvalue weighted by Crippen LogP contribution is 2.21. The molecule has 0 unspecified atom stereocenters. The first-order valence-corrected chi connectivity index (χ1v) is 7.30. The van der Waals surface area contributed by atoms with Gasteiger partial charge in [0.2, 0.25) is 5.91 Å². The first-order valence-electron chi connectivity index (χ1n) is 7.30. The Morgan fingerprint density at radius 3 is 2.95 bits per heavy atom. The number of rotatable bonds is 5. The van der Waals surface area contributed by atoms with Crippen molar-refractivity contribution in [1.82, 2.24) is 4.90 Å². The number of amides is 1. The standard InChI is InChI=1S/C16H24N2O2/c1-3-5-13-10-18(11-15(13)17)16(19)9-12-6-4-7-14(8-12)20-2/h4,6-8,13,15H,3,5,9-11,17H2,1-2H3/t13-,15-/m1/s1. The number of ether oxygens (including phenoxy) is 1. The Labute approximate surface area is 120 Å². The lowest BCUT2D eigenvalue weighted by atomic mass is 9.99. The van der Waals surface area contributed by atoms with Gasteiger partial charge in [-0.05, 0) is 30.0 Å². The van der Waals surface area contributed by atoms with Gasteiger partial charge in [-0.15, -0.1) is 0 Å². The van der Waals surface area contributed by atoms with Crippen molar-refractivity contribution in [3.63, 3.8) is 0 Å². The number of hydrogen-bond donors (Lipinski definition) is 1. The second-order valence-corrected chi connectivity index (χ2v) is 5.54. The molecule has 1 aliphatic rings. The minimum Gasteiger partial charge on any atom is -0.497 e. The van der Waals surface area contributed by atoms with Crippen LogP contribution >= 0.6 is 0 Å². The summed E-state index contributed by atoms with van der Waals surface area (Å²) >= 11 is 0. The van der Waals surface area contributed by atoms with Gasteiger partial charge >= 0.3 is 0 Å². The molecule has 0 saturated carbocycles. The number of nitrogens with two attached hydrogens (primary N) is 1. The average Bonchev–Trinajstić information content (AvgIpc) is 2.81. The van der Waals surface area contributed by atoms with Gasteiger partial charge in [0, 0.05) is 19.1 Å². The number of methoxy groups -OCH3 is 1. The maximum absolute atomic E-state index is 12.3. The van der Waals surface area contributed by atoms with Crippen LogP contribution in [-0.4, -0.2) is 37.0 Å². The van der Waals surface area contributed by atoms with E-state index in [0.29, 0.717) is 18.9 Å². The van der Waals surface area contributed by atoms with Crippen molar-refractivity contribution in [2.45, 2.75) is 32.2 Å². The SMILES string of the molecule is CCC[C@@H]1CN(C(=O)Cc2cccc(OC)c2)C[C@H]1N. The summed E-state index contributed by atoms with van der Waals surface area (Å²) in [6, 6.07) is 7.80. The number of nitrogens with zero attached hydrogens (tertiary/aromatic N) is 1. The van der Waals surface area contributed by atoms with Crippen LogP contribution in [0.1, 0.15) is 25.3 Å². The van der Waals surface area contributed by atoms with Crippen molar-refractivity contribution in [3.8, 4) is 5.75 Å². The zero-order valence-corrected chi connectivity index (χ0v) is 12.3. The molecule has 1 aromatic rings. The van der Waals surface area contributed by atoms with Crippen LogP contribution in [0.5, 0.6) is 5.75 Å². The van der Waals surface area contributed by atoms with E-state index in [-0.39, 0.29) is 11.9 Å². The van der Waals surface area contributed by atoms with Crippen LogP contribution in [0.2, 0.25) is 0 Å². The smallest absolute Gasteiger partial charge is 0.227 e. The summed E-state index contributed by atoms with van der Waals surface area (Å²) in [5.41, 5.74) is 7.11. The Kier molecular flexibility index (Phi) is 5.01. The topological polar surface area (TPSA) is 55.6 Å². The van der Waals surface area contributed by atoms with E-state index in [1.165, 1.54) is 0 Å². The van der Waals surface area contributed by atoms with Crippen LogP contribution in [-0.2, 0) is 11.2 Å². The fourth-order valence-corrected chi connectivity index (χ4v) is 2.85. The molecule has 2 atom stereocenters. The molecule has 1 heterocycles. The molecule has 0 radical (unpaired) electrons. The van der Waals surface area contributed by atoms with Gasteiger partial charge in [-0.1, -0.05) is 25.5 Å². The van der Waals surface area contributed by atoms with Crippen molar-refractivity contribution in [2.75, 3.05) is 20.2 Å². The van der Waals surface area contributed by atoms with Crippen LogP contribution in [0, 0.1) is 5.92 Å². The summed E-state index contributed by atoms with van der Waals surface area (Å²) in [6.07, 6.45) is 2.64. The molecule has 1 amide bonds. The lowest BCUT2D eigenvalue weighted by molar-refractivity contribution is -0.129. The van der Waals surface area contributed by atoms with Crippen molar-refractivity contribution in [3.05, 3.63) is 29.8 Å². The molecule has 1 saturated heterocycles. The molecule has 0 bridgehead atoms. The van der Waals surface area contributed by atoms with Crippen molar-refractivity contribution in [2.24, 2.45) is 11.7 Å². The molecule has 1 fully saturated rings. The van der Waals surface area contributed by atoms with Crippen molar-refractivity contribution >= 4 is 5.91 Å². The molecule has 0 spiro atoms. The molecule has 1 aromatic carbocycles. The molecule has 0 aromatic heterocycles. The normalized spacial score (nSPS) is 22.1. The monoisotopic (exact) mass is 276 g/mol. The predicted octanol–water partition coefficient (Wildman–Crippen LogP) is 1.82. The van der Waals surface area contributed by atoms with Gasteiger partial charge < -0.3 is 15.4 Å². The van der Waals surface area contributed by atoms with Gasteiger partial charge in [0.25, 0.3) is 0 Å². The number of benzene rings is 1. The van der Waals surface area contributed by atoms with Gasteiger partial charge in [0.1, 0.15) is 5.75 Å². The third kappa shape index (κ3) is 3.51. The lowest BCUT2D eigenvalue weighted by Gasteiger charge is -2.16. The van der Waals surface area contributed by atoms with E-state index in [9.17, 15) is 4.79 Å². The molecule has 2 N–H and O–H groups in total. The summed E-state index contributed by atoms with van der Waals surface area (Å²) in [5, 5.41) is 0. The molecule has 4 nitrogen and oxygen atoms in total. The lowest BCUT2D eigenvalue weighted by Crippen LogP contribution is -2.33. The van der Waals surface area contributed by atoms with E-state index in [0.717, 1.165) is 30.7 Å². The zero-order chi connectivity index (χ0) is 14.5. The van der Waals surface area contributed by atoms with Crippen LogP contribution in [0.25, 0.3) is 0 Å². The fraction of sp³-hybridized carbons (Fsp3) is 0.562. The van der Waals surface area contributed by atoms with Crippen LogP contribution < -0.4 is 10.5 Å². The molecule has 2 rings (SSSR count). The average molecular weight is 276 g/mol. The fourth-order valence-electron chi connectivity index (χ4n) is 2.85. The Balaban J connectivity index is 1.95. The van der Waals surface area contributed by atoms with Crippen LogP contribution in [0.4, 0.5) is 0 Å². The number of carbonyl (C=O) groups excluding carboxylic acids is 1. The Hall–Kier alpha value is -1.55. The quantitative estimate of drug-likeness (QED) is 0.892. The summed E-state index contributed by atoms with van der Waals surface area (Å²) in [7, 11) is 1.63. The third-order valence-corrected chi connectivity index (χ3v) is 3.99. The van der Waals surface area contributed by atoms with E-state index in [2.05, 4.69) is 6.92 Å². The minimum atomic E-state index is 0.129. The largest absolute Gasteiger partial charge is 0.497 e. The summed E-state index contributed by atoms with van der Waals surface area (Å²) in [5.74, 6) is 1.40. The Bertz CT molecular complexity index is 462. The van der Waals surface area contributed by atoms with E-state index in [4.69, 9.17) is 10.5 Å². The summed E-state index contributed by atoms with van der Waals surface area (Å²) < 4.78 is 5.18. The van der Waals surface area contributed by atoms with E-state index >= 15 is 0 Å². The van der Waals surface area contributed by atoms with Gasteiger partial charge in [0.05, 0.1) is 13.5 Å². The van der Waals surface area contributed by atoms with Gasteiger partial charge in [-0.2, -0.15) is 0 Å². The highest BCUT2D eigenvalue weighted by atomic mass is 16.5. The van der Waals surface area contributed by atoms with E-state index in [1.54, 1.807) is 7.11 Å². The van der Waals surface area contributed by atoms with E-state index < -0.39 is 0 Å². The van der Waals surface area contributed by atoms with Gasteiger partial charge in [0.15, 0.2) is 0 Å². The van der Waals surface area contributed by atoms with Crippen molar-refractivity contribution < 1.29 is 9.53 Å². The van der Waals surface area contributed by atoms with Crippen LogP contribution in [0.3, 0.4) is 0 Å². The van der Waals surface area contributed by atoms with Gasteiger partial charge in [-0.3, -0.25) is 4.79 Å². The molecule has 20 heavy (non-hydrogen) atoms. The Morgan fingerprint density at radius 1 is 1.45 bits per heavy atom. The van der Waals surface area contributed by atoms with Gasteiger partial charge in [-0.25, -0.2) is 0 Å². The zero-order valence-electron chi connectivity index (χ0n) is 12.3. The highest BCUT2D eigenvalue weighted by molar-refractivity contribution is 5.79. The second kappa shape index (κ2) is 6.75. The maximum Gasteiger partial charge on any atom is 0.227 e. The maximum atomic E-state index is 12.3.